The van der Waals surface area contributed by atoms with Gasteiger partial charge in [-0.05, 0) is 31.2 Å². The number of rotatable bonds is 5. The average molecular weight is 246 g/mol. The third-order valence-corrected chi connectivity index (χ3v) is 3.09. The third kappa shape index (κ3) is 3.17. The largest absolute Gasteiger partial charge is 0.326 e. The summed E-state index contributed by atoms with van der Waals surface area (Å²) in [7, 11) is 2.00. The molecule has 0 aromatic heterocycles. The minimum atomic E-state index is 0.0621. The summed E-state index contributed by atoms with van der Waals surface area (Å²) in [6.07, 6.45) is 1.06. The first-order valence-corrected chi connectivity index (χ1v) is 6.14. The molecule has 0 unspecified atom stereocenters. The van der Waals surface area contributed by atoms with E-state index in [1.807, 2.05) is 19.2 Å². The van der Waals surface area contributed by atoms with Crippen LogP contribution in [0.25, 0.3) is 0 Å². The van der Waals surface area contributed by atoms with Crippen molar-refractivity contribution in [3.8, 4) is 0 Å². The van der Waals surface area contributed by atoms with Gasteiger partial charge in [-0.15, -0.1) is 0 Å². The van der Waals surface area contributed by atoms with E-state index >= 15 is 0 Å². The molecule has 0 saturated carbocycles. The number of carbonyl (C=O) groups is 2. The Morgan fingerprint density at radius 1 is 1.44 bits per heavy atom. The van der Waals surface area contributed by atoms with Crippen molar-refractivity contribution in [3.63, 3.8) is 0 Å². The van der Waals surface area contributed by atoms with Gasteiger partial charge in [-0.25, -0.2) is 0 Å². The number of hydrogen-bond acceptors (Lipinski definition) is 3. The lowest BCUT2D eigenvalue weighted by atomic mass is 10.1. The summed E-state index contributed by atoms with van der Waals surface area (Å²) >= 11 is 0. The number of fused-ring (bicyclic) bond motifs is 1. The molecule has 4 heteroatoms. The molecule has 0 fully saturated rings. The Balaban J connectivity index is 1.96. The van der Waals surface area contributed by atoms with E-state index in [0.717, 1.165) is 24.3 Å². The summed E-state index contributed by atoms with van der Waals surface area (Å²) < 4.78 is 0. The maximum atomic E-state index is 11.3. The molecule has 1 aliphatic heterocycles. The zero-order valence-corrected chi connectivity index (χ0v) is 10.8. The van der Waals surface area contributed by atoms with Crippen LogP contribution in [-0.4, -0.2) is 30.2 Å². The Kier molecular flexibility index (Phi) is 3.77. The van der Waals surface area contributed by atoms with Crippen molar-refractivity contribution >= 4 is 17.4 Å². The van der Waals surface area contributed by atoms with Gasteiger partial charge >= 0.3 is 0 Å². The maximum absolute atomic E-state index is 11.3. The standard InChI is InChI=1S/C14H18N2O2/c1-10(17)5-6-16(2)9-11-3-4-13-12(7-11)8-14(18)15-13/h3-4,7H,5-6,8-9H2,1-2H3,(H,15,18). The predicted molar refractivity (Wildman–Crippen MR) is 70.4 cm³/mol. The summed E-state index contributed by atoms with van der Waals surface area (Å²) in [5.41, 5.74) is 3.17. The van der Waals surface area contributed by atoms with Crippen molar-refractivity contribution in [2.45, 2.75) is 26.3 Å². The SMILES string of the molecule is CC(=O)CCN(C)Cc1ccc2c(c1)CC(=O)N2. The van der Waals surface area contributed by atoms with Crippen LogP contribution in [0.5, 0.6) is 0 Å². The monoisotopic (exact) mass is 246 g/mol. The number of carbonyl (C=O) groups excluding carboxylic acids is 2. The molecule has 0 bridgehead atoms. The van der Waals surface area contributed by atoms with Crippen molar-refractivity contribution < 1.29 is 9.59 Å². The van der Waals surface area contributed by atoms with E-state index in [1.165, 1.54) is 5.56 Å². The van der Waals surface area contributed by atoms with Crippen LogP contribution in [0.1, 0.15) is 24.5 Å². The molecule has 0 aliphatic carbocycles. The highest BCUT2D eigenvalue weighted by Gasteiger charge is 2.17. The molecule has 0 atom stereocenters. The molecular formula is C14H18N2O2. The fraction of sp³-hybridized carbons (Fsp3) is 0.429. The van der Waals surface area contributed by atoms with Crippen molar-refractivity contribution in [1.82, 2.24) is 4.90 Å². The normalized spacial score (nSPS) is 13.6. The molecule has 1 aromatic rings. The molecule has 0 saturated heterocycles. The Morgan fingerprint density at radius 2 is 2.22 bits per heavy atom. The molecule has 96 valence electrons. The minimum Gasteiger partial charge on any atom is -0.326 e. The lowest BCUT2D eigenvalue weighted by molar-refractivity contribution is -0.117. The van der Waals surface area contributed by atoms with Crippen LogP contribution in [0.4, 0.5) is 5.69 Å². The minimum absolute atomic E-state index is 0.0621. The summed E-state index contributed by atoms with van der Waals surface area (Å²) in [5, 5.41) is 2.82. The van der Waals surface area contributed by atoms with Gasteiger partial charge in [0.2, 0.25) is 5.91 Å². The Hall–Kier alpha value is -1.68. The molecular weight excluding hydrogens is 228 g/mol. The highest BCUT2D eigenvalue weighted by atomic mass is 16.1. The van der Waals surface area contributed by atoms with E-state index < -0.39 is 0 Å². The van der Waals surface area contributed by atoms with Crippen LogP contribution in [0.3, 0.4) is 0 Å². The molecule has 2 rings (SSSR count). The van der Waals surface area contributed by atoms with Gasteiger partial charge in [-0.2, -0.15) is 0 Å². The van der Waals surface area contributed by atoms with Crippen molar-refractivity contribution in [2.75, 3.05) is 18.9 Å². The Labute approximate surface area is 107 Å². The number of Topliss-reactive ketones (excluding diaryl/α,β-unsaturated/α-hetero) is 1. The molecule has 1 aromatic carbocycles. The van der Waals surface area contributed by atoms with Gasteiger partial charge in [-0.3, -0.25) is 9.59 Å². The molecule has 1 heterocycles. The third-order valence-electron chi connectivity index (χ3n) is 3.09. The number of anilines is 1. The smallest absolute Gasteiger partial charge is 0.228 e. The van der Waals surface area contributed by atoms with E-state index in [9.17, 15) is 9.59 Å². The molecule has 18 heavy (non-hydrogen) atoms. The molecule has 1 N–H and O–H groups in total. The second-order valence-corrected chi connectivity index (χ2v) is 4.91. The van der Waals surface area contributed by atoms with E-state index in [1.54, 1.807) is 6.92 Å². The van der Waals surface area contributed by atoms with E-state index in [4.69, 9.17) is 0 Å². The lowest BCUT2D eigenvalue weighted by Gasteiger charge is -2.16. The molecule has 4 nitrogen and oxygen atoms in total. The highest BCUT2D eigenvalue weighted by molar-refractivity contribution is 5.99. The van der Waals surface area contributed by atoms with E-state index in [2.05, 4.69) is 16.3 Å². The molecule has 0 radical (unpaired) electrons. The van der Waals surface area contributed by atoms with Gasteiger partial charge in [0.05, 0.1) is 6.42 Å². The fourth-order valence-electron chi connectivity index (χ4n) is 2.12. The van der Waals surface area contributed by atoms with Crippen LogP contribution in [-0.2, 0) is 22.6 Å². The summed E-state index contributed by atoms with van der Waals surface area (Å²) in [5.74, 6) is 0.276. The van der Waals surface area contributed by atoms with E-state index in [0.29, 0.717) is 12.8 Å². The zero-order chi connectivity index (χ0) is 13.1. The first kappa shape index (κ1) is 12.8. The molecule has 1 amide bonds. The van der Waals surface area contributed by atoms with E-state index in [-0.39, 0.29) is 11.7 Å². The topological polar surface area (TPSA) is 49.4 Å². The van der Waals surface area contributed by atoms with Crippen LogP contribution >= 0.6 is 0 Å². The first-order valence-electron chi connectivity index (χ1n) is 6.14. The number of hydrogen-bond donors (Lipinski definition) is 1. The zero-order valence-electron chi connectivity index (χ0n) is 10.8. The summed E-state index contributed by atoms with van der Waals surface area (Å²) in [4.78, 5) is 24.3. The predicted octanol–water partition coefficient (Wildman–Crippen LogP) is 1.59. The van der Waals surface area contributed by atoms with Crippen molar-refractivity contribution in [2.24, 2.45) is 0 Å². The number of nitrogens with zero attached hydrogens (tertiary/aromatic N) is 1. The Bertz CT molecular complexity index is 483. The van der Waals surface area contributed by atoms with Crippen molar-refractivity contribution in [3.05, 3.63) is 29.3 Å². The van der Waals surface area contributed by atoms with Gasteiger partial charge in [-0.1, -0.05) is 12.1 Å². The number of nitrogens with one attached hydrogen (secondary N) is 1. The quantitative estimate of drug-likeness (QED) is 0.858. The van der Waals surface area contributed by atoms with Gasteiger partial charge in [0.25, 0.3) is 0 Å². The molecule has 0 spiro atoms. The Morgan fingerprint density at radius 3 is 2.94 bits per heavy atom. The second-order valence-electron chi connectivity index (χ2n) is 4.91. The molecule has 1 aliphatic rings. The summed E-state index contributed by atoms with van der Waals surface area (Å²) in [6, 6.07) is 6.04. The lowest BCUT2D eigenvalue weighted by Crippen LogP contribution is -2.20. The van der Waals surface area contributed by atoms with Crippen LogP contribution < -0.4 is 5.32 Å². The van der Waals surface area contributed by atoms with Crippen molar-refractivity contribution in [1.29, 1.82) is 0 Å². The van der Waals surface area contributed by atoms with Gasteiger partial charge in [0.15, 0.2) is 0 Å². The maximum Gasteiger partial charge on any atom is 0.228 e. The number of ketones is 1. The summed E-state index contributed by atoms with van der Waals surface area (Å²) in [6.45, 7) is 3.18. The second kappa shape index (κ2) is 5.31. The number of benzene rings is 1. The first-order chi connectivity index (χ1) is 8.54. The average Bonchev–Trinajstić information content (AvgIpc) is 2.66. The van der Waals surface area contributed by atoms with Gasteiger partial charge in [0.1, 0.15) is 5.78 Å². The van der Waals surface area contributed by atoms with Gasteiger partial charge in [0, 0.05) is 25.2 Å². The number of amides is 1. The fourth-order valence-corrected chi connectivity index (χ4v) is 2.12. The van der Waals surface area contributed by atoms with Crippen LogP contribution in [0, 0.1) is 0 Å². The van der Waals surface area contributed by atoms with Crippen LogP contribution in [0.15, 0.2) is 18.2 Å². The van der Waals surface area contributed by atoms with Crippen LogP contribution in [0.2, 0.25) is 0 Å². The van der Waals surface area contributed by atoms with Gasteiger partial charge < -0.3 is 10.2 Å². The highest BCUT2D eigenvalue weighted by Crippen LogP contribution is 2.24.